The first-order valence-corrected chi connectivity index (χ1v) is 9.49. The monoisotopic (exact) mass is 407 g/mol. The van der Waals surface area contributed by atoms with Crippen molar-refractivity contribution in [3.63, 3.8) is 0 Å². The van der Waals surface area contributed by atoms with E-state index in [4.69, 9.17) is 9.47 Å². The van der Waals surface area contributed by atoms with Gasteiger partial charge in [0.15, 0.2) is 0 Å². The Morgan fingerprint density at radius 2 is 1.70 bits per heavy atom. The molecule has 0 bridgehead atoms. The number of carbonyl (C=O) groups is 2. The molecular formula is C24H22FNO4. The average Bonchev–Trinajstić information content (AvgIpc) is 2.77. The predicted molar refractivity (Wildman–Crippen MR) is 112 cm³/mol. The molecule has 154 valence electrons. The maximum absolute atomic E-state index is 13.0. The summed E-state index contributed by atoms with van der Waals surface area (Å²) in [7, 11) is 1.54. The maximum Gasteiger partial charge on any atom is 0.307 e. The molecule has 0 aliphatic carbocycles. The Kier molecular flexibility index (Phi) is 7.16. The van der Waals surface area contributed by atoms with Crippen molar-refractivity contribution in [3.05, 3.63) is 95.8 Å². The summed E-state index contributed by atoms with van der Waals surface area (Å²) in [6.07, 6.45) is -0.641. The van der Waals surface area contributed by atoms with Crippen molar-refractivity contribution >= 4 is 17.6 Å². The molecule has 0 aliphatic rings. The van der Waals surface area contributed by atoms with Gasteiger partial charge in [0.1, 0.15) is 11.6 Å². The van der Waals surface area contributed by atoms with E-state index in [2.05, 4.69) is 5.32 Å². The highest BCUT2D eigenvalue weighted by molar-refractivity contribution is 5.96. The first-order chi connectivity index (χ1) is 14.5. The number of aryl methyl sites for hydroxylation is 1. The zero-order valence-corrected chi connectivity index (χ0v) is 16.5. The summed E-state index contributed by atoms with van der Waals surface area (Å²) in [4.78, 5) is 25.3. The van der Waals surface area contributed by atoms with Crippen molar-refractivity contribution in [2.24, 2.45) is 0 Å². The third-order valence-corrected chi connectivity index (χ3v) is 4.46. The molecule has 30 heavy (non-hydrogen) atoms. The van der Waals surface area contributed by atoms with Gasteiger partial charge in [-0.05, 0) is 36.2 Å². The highest BCUT2D eigenvalue weighted by atomic mass is 19.1. The summed E-state index contributed by atoms with van der Waals surface area (Å²) < 4.78 is 23.7. The lowest BCUT2D eigenvalue weighted by Crippen LogP contribution is -2.26. The molecule has 6 heteroatoms. The number of ether oxygens (including phenoxy) is 2. The molecule has 0 aromatic heterocycles. The van der Waals surface area contributed by atoms with E-state index >= 15 is 0 Å². The van der Waals surface area contributed by atoms with Crippen LogP contribution in [-0.4, -0.2) is 19.0 Å². The quantitative estimate of drug-likeness (QED) is 0.550. The topological polar surface area (TPSA) is 64.6 Å². The minimum atomic E-state index is -1.10. The number of halogens is 1. The third-order valence-electron chi connectivity index (χ3n) is 4.46. The van der Waals surface area contributed by atoms with Crippen LogP contribution < -0.4 is 10.1 Å². The number of methoxy groups -OCH3 is 1. The summed E-state index contributed by atoms with van der Waals surface area (Å²) in [5.41, 5.74) is 1.90. The van der Waals surface area contributed by atoms with Gasteiger partial charge < -0.3 is 14.8 Å². The molecule has 0 saturated heterocycles. The zero-order chi connectivity index (χ0) is 21.3. The molecule has 0 spiro atoms. The minimum absolute atomic E-state index is 0.0708. The second-order valence-corrected chi connectivity index (χ2v) is 6.63. The van der Waals surface area contributed by atoms with E-state index in [9.17, 15) is 14.0 Å². The van der Waals surface area contributed by atoms with Crippen LogP contribution in [0.15, 0.2) is 78.9 Å². The molecular weight excluding hydrogens is 385 g/mol. The lowest BCUT2D eigenvalue weighted by molar-refractivity contribution is -0.154. The van der Waals surface area contributed by atoms with Gasteiger partial charge in [-0.25, -0.2) is 4.39 Å². The van der Waals surface area contributed by atoms with Crippen LogP contribution in [0.25, 0.3) is 0 Å². The summed E-state index contributed by atoms with van der Waals surface area (Å²) >= 11 is 0. The van der Waals surface area contributed by atoms with Gasteiger partial charge in [0.05, 0.1) is 7.11 Å². The highest BCUT2D eigenvalue weighted by Gasteiger charge is 2.25. The maximum atomic E-state index is 13.0. The van der Waals surface area contributed by atoms with Gasteiger partial charge in [0.2, 0.25) is 6.10 Å². The van der Waals surface area contributed by atoms with Crippen LogP contribution in [0.5, 0.6) is 5.75 Å². The number of esters is 1. The molecule has 0 heterocycles. The Hall–Kier alpha value is -3.67. The Morgan fingerprint density at radius 1 is 0.967 bits per heavy atom. The van der Waals surface area contributed by atoms with E-state index in [0.717, 1.165) is 5.56 Å². The van der Waals surface area contributed by atoms with Gasteiger partial charge in [-0.15, -0.1) is 0 Å². The Labute approximate surface area is 174 Å². The fraction of sp³-hybridized carbons (Fsp3) is 0.167. The fourth-order valence-electron chi connectivity index (χ4n) is 2.90. The van der Waals surface area contributed by atoms with Crippen LogP contribution in [0.2, 0.25) is 0 Å². The van der Waals surface area contributed by atoms with E-state index < -0.39 is 18.0 Å². The van der Waals surface area contributed by atoms with Gasteiger partial charge in [-0.3, -0.25) is 9.59 Å². The van der Waals surface area contributed by atoms with Crippen molar-refractivity contribution < 1.29 is 23.5 Å². The van der Waals surface area contributed by atoms with E-state index in [1.165, 1.54) is 19.2 Å². The summed E-state index contributed by atoms with van der Waals surface area (Å²) in [5.74, 6) is -0.724. The molecule has 3 aromatic carbocycles. The van der Waals surface area contributed by atoms with Gasteiger partial charge in [-0.2, -0.15) is 0 Å². The van der Waals surface area contributed by atoms with Gasteiger partial charge >= 0.3 is 5.97 Å². The number of anilines is 1. The third kappa shape index (κ3) is 5.91. The fourth-order valence-corrected chi connectivity index (χ4v) is 2.90. The summed E-state index contributed by atoms with van der Waals surface area (Å²) in [6, 6.07) is 21.6. The number of hydrogen-bond donors (Lipinski definition) is 1. The number of amides is 1. The molecule has 0 saturated carbocycles. The van der Waals surface area contributed by atoms with Gasteiger partial charge in [0.25, 0.3) is 5.91 Å². The number of hydrogen-bond acceptors (Lipinski definition) is 4. The molecule has 0 aliphatic heterocycles. The molecule has 1 amide bonds. The number of benzene rings is 3. The van der Waals surface area contributed by atoms with Crippen molar-refractivity contribution in [3.8, 4) is 5.75 Å². The number of rotatable bonds is 8. The Balaban J connectivity index is 1.69. The van der Waals surface area contributed by atoms with Gasteiger partial charge in [0, 0.05) is 23.7 Å². The first-order valence-electron chi connectivity index (χ1n) is 9.49. The summed E-state index contributed by atoms with van der Waals surface area (Å²) in [6.45, 7) is 0. The average molecular weight is 407 g/mol. The molecule has 5 nitrogen and oxygen atoms in total. The molecule has 1 N–H and O–H groups in total. The van der Waals surface area contributed by atoms with E-state index in [-0.39, 0.29) is 12.2 Å². The van der Waals surface area contributed by atoms with Crippen molar-refractivity contribution in [1.82, 2.24) is 0 Å². The SMILES string of the molecule is COc1cccc(NC(=O)[C@H](OC(=O)CCc2ccc(F)cc2)c2ccccc2)c1. The predicted octanol–water partition coefficient (Wildman–Crippen LogP) is 4.69. The van der Waals surface area contributed by atoms with Crippen molar-refractivity contribution in [2.75, 3.05) is 12.4 Å². The molecule has 0 fully saturated rings. The van der Waals surface area contributed by atoms with Crippen LogP contribution in [0.1, 0.15) is 23.7 Å². The van der Waals surface area contributed by atoms with E-state index in [1.54, 1.807) is 60.7 Å². The Morgan fingerprint density at radius 3 is 2.40 bits per heavy atom. The molecule has 3 aromatic rings. The standard InChI is InChI=1S/C24H22FNO4/c1-29-21-9-5-8-20(16-21)26-24(28)23(18-6-3-2-4-7-18)30-22(27)15-12-17-10-13-19(25)14-11-17/h2-11,13-14,16,23H,12,15H2,1H3,(H,26,28)/t23-/m1/s1. The van der Waals surface area contributed by atoms with Crippen molar-refractivity contribution in [1.29, 1.82) is 0 Å². The molecule has 3 rings (SSSR count). The Bertz CT molecular complexity index is 990. The molecule has 1 atom stereocenters. The molecule has 0 unspecified atom stereocenters. The lowest BCUT2D eigenvalue weighted by atomic mass is 10.1. The number of carbonyl (C=O) groups excluding carboxylic acids is 2. The highest BCUT2D eigenvalue weighted by Crippen LogP contribution is 2.23. The summed E-state index contributed by atoms with van der Waals surface area (Å²) in [5, 5.41) is 2.76. The van der Waals surface area contributed by atoms with E-state index in [0.29, 0.717) is 23.4 Å². The van der Waals surface area contributed by atoms with Crippen LogP contribution in [0.4, 0.5) is 10.1 Å². The van der Waals surface area contributed by atoms with Crippen LogP contribution >= 0.6 is 0 Å². The second kappa shape index (κ2) is 10.2. The second-order valence-electron chi connectivity index (χ2n) is 6.63. The van der Waals surface area contributed by atoms with Gasteiger partial charge in [-0.1, -0.05) is 48.5 Å². The molecule has 0 radical (unpaired) electrons. The minimum Gasteiger partial charge on any atom is -0.497 e. The van der Waals surface area contributed by atoms with Crippen molar-refractivity contribution in [2.45, 2.75) is 18.9 Å². The first kappa shape index (κ1) is 21.0. The lowest BCUT2D eigenvalue weighted by Gasteiger charge is -2.18. The zero-order valence-electron chi connectivity index (χ0n) is 16.5. The van der Waals surface area contributed by atoms with Crippen LogP contribution in [-0.2, 0) is 20.7 Å². The number of nitrogens with one attached hydrogen (secondary N) is 1. The normalized spacial score (nSPS) is 11.4. The largest absolute Gasteiger partial charge is 0.497 e. The smallest absolute Gasteiger partial charge is 0.307 e. The van der Waals surface area contributed by atoms with E-state index in [1.807, 2.05) is 6.07 Å². The van der Waals surface area contributed by atoms with Crippen LogP contribution in [0.3, 0.4) is 0 Å². The van der Waals surface area contributed by atoms with Crippen LogP contribution in [0, 0.1) is 5.82 Å².